The molecule has 0 radical (unpaired) electrons. The van der Waals surface area contributed by atoms with Gasteiger partial charge in [-0.2, -0.15) is 0 Å². The molecule has 0 N–H and O–H groups in total. The fourth-order valence-electron chi connectivity index (χ4n) is 4.92. The highest BCUT2D eigenvalue weighted by Gasteiger charge is 2.26. The third-order valence-corrected chi connectivity index (χ3v) is 7.39. The lowest BCUT2D eigenvalue weighted by molar-refractivity contribution is -0.139. The fourth-order valence-corrected chi connectivity index (χ4v) is 4.92. The summed E-state index contributed by atoms with van der Waals surface area (Å²) in [5, 5.41) is 0. The van der Waals surface area contributed by atoms with Crippen LogP contribution in [0.5, 0.6) is 0 Å². The lowest BCUT2D eigenvalue weighted by Gasteiger charge is -1.96. The molecule has 248 valence electrons. The SMILES string of the molecule is CC=C1CC(C)OC1=O.CC=C1CC(C)OC1=O.CCCC=C1CC(C)OC1=O.CCCCCCCC=C1CC(C)OC1=O. The van der Waals surface area contributed by atoms with E-state index in [1.165, 1.54) is 32.1 Å². The molecule has 0 aromatic heterocycles. The van der Waals surface area contributed by atoms with Crippen LogP contribution in [0.1, 0.15) is 132 Å². The molecule has 4 rings (SSSR count). The Morgan fingerprint density at radius 2 is 0.841 bits per heavy atom. The second-order valence-corrected chi connectivity index (χ2v) is 11.8. The molecule has 0 spiro atoms. The third kappa shape index (κ3) is 15.0. The number of rotatable bonds is 8. The van der Waals surface area contributed by atoms with Crippen molar-refractivity contribution in [2.24, 2.45) is 0 Å². The number of unbranched alkanes of at least 4 members (excludes halogenated alkanes) is 6. The van der Waals surface area contributed by atoms with Crippen LogP contribution in [0.2, 0.25) is 0 Å². The van der Waals surface area contributed by atoms with Gasteiger partial charge in [0.25, 0.3) is 0 Å². The van der Waals surface area contributed by atoms with E-state index in [0.29, 0.717) is 0 Å². The molecule has 4 unspecified atom stereocenters. The molecule has 8 heteroatoms. The van der Waals surface area contributed by atoms with E-state index < -0.39 is 0 Å². The minimum absolute atomic E-state index is 0.0868. The Balaban J connectivity index is 0.000000300. The molecule has 4 aliphatic rings. The van der Waals surface area contributed by atoms with Crippen molar-refractivity contribution in [2.75, 3.05) is 0 Å². The van der Waals surface area contributed by atoms with Gasteiger partial charge in [0.1, 0.15) is 24.4 Å². The van der Waals surface area contributed by atoms with Crippen molar-refractivity contribution >= 4 is 23.9 Å². The molecule has 4 fully saturated rings. The Bertz CT molecular complexity index is 1030. The summed E-state index contributed by atoms with van der Waals surface area (Å²) in [5.74, 6) is -0.517. The van der Waals surface area contributed by atoms with E-state index in [9.17, 15) is 19.2 Å². The maximum Gasteiger partial charge on any atom is 0.334 e. The first-order valence-corrected chi connectivity index (χ1v) is 16.5. The number of hydrogen-bond donors (Lipinski definition) is 0. The van der Waals surface area contributed by atoms with Crippen LogP contribution in [-0.2, 0) is 38.1 Å². The normalized spacial score (nSPS) is 27.6. The largest absolute Gasteiger partial charge is 0.459 e. The second kappa shape index (κ2) is 21.5. The summed E-state index contributed by atoms with van der Waals surface area (Å²) in [4.78, 5) is 43.7. The van der Waals surface area contributed by atoms with Crippen LogP contribution >= 0.6 is 0 Å². The van der Waals surface area contributed by atoms with E-state index in [4.69, 9.17) is 18.9 Å². The van der Waals surface area contributed by atoms with Crippen LogP contribution in [0, 0.1) is 0 Å². The van der Waals surface area contributed by atoms with Gasteiger partial charge in [-0.05, 0) is 60.8 Å². The van der Waals surface area contributed by atoms with Crippen molar-refractivity contribution in [1.82, 2.24) is 0 Å². The second-order valence-electron chi connectivity index (χ2n) is 11.8. The van der Waals surface area contributed by atoms with Crippen LogP contribution in [0.15, 0.2) is 46.6 Å². The number of esters is 4. The predicted molar refractivity (Wildman–Crippen MR) is 173 cm³/mol. The monoisotopic (exact) mass is 616 g/mol. The zero-order valence-electron chi connectivity index (χ0n) is 28.4. The van der Waals surface area contributed by atoms with Gasteiger partial charge in [-0.15, -0.1) is 0 Å². The Labute approximate surface area is 265 Å². The Morgan fingerprint density at radius 1 is 0.500 bits per heavy atom. The lowest BCUT2D eigenvalue weighted by atomic mass is 10.1. The van der Waals surface area contributed by atoms with Gasteiger partial charge in [-0.1, -0.05) is 70.3 Å². The van der Waals surface area contributed by atoms with Gasteiger partial charge in [-0.3, -0.25) is 0 Å². The quantitative estimate of drug-likeness (QED) is 0.116. The van der Waals surface area contributed by atoms with Crippen LogP contribution in [-0.4, -0.2) is 48.3 Å². The molecule has 4 saturated heterocycles. The van der Waals surface area contributed by atoms with Crippen LogP contribution < -0.4 is 0 Å². The summed E-state index contributed by atoms with van der Waals surface area (Å²) in [6, 6.07) is 0. The van der Waals surface area contributed by atoms with Crippen molar-refractivity contribution in [3.05, 3.63) is 46.6 Å². The molecule has 0 amide bonds. The average Bonchev–Trinajstić information content (AvgIpc) is 3.69. The van der Waals surface area contributed by atoms with Crippen molar-refractivity contribution in [3.63, 3.8) is 0 Å². The smallest absolute Gasteiger partial charge is 0.334 e. The molecule has 0 saturated carbocycles. The number of carbonyl (C=O) groups excluding carboxylic acids is 4. The summed E-state index contributed by atoms with van der Waals surface area (Å²) in [6.07, 6.45) is 20.7. The molecule has 0 bridgehead atoms. The number of allylic oxidation sites excluding steroid dienone is 4. The number of hydrogen-bond acceptors (Lipinski definition) is 8. The Morgan fingerprint density at radius 3 is 1.11 bits per heavy atom. The van der Waals surface area contributed by atoms with Gasteiger partial charge in [0.15, 0.2) is 0 Å². The predicted octanol–water partition coefficient (Wildman–Crippen LogP) is 8.19. The topological polar surface area (TPSA) is 105 Å². The van der Waals surface area contributed by atoms with Crippen LogP contribution in [0.3, 0.4) is 0 Å². The van der Waals surface area contributed by atoms with E-state index in [0.717, 1.165) is 67.2 Å². The van der Waals surface area contributed by atoms with Crippen LogP contribution in [0.4, 0.5) is 0 Å². The molecule has 0 aromatic carbocycles. The van der Waals surface area contributed by atoms with Gasteiger partial charge in [0.2, 0.25) is 0 Å². The van der Waals surface area contributed by atoms with Gasteiger partial charge >= 0.3 is 23.9 Å². The highest BCUT2D eigenvalue weighted by atomic mass is 16.6. The average molecular weight is 617 g/mol. The first kappa shape index (κ1) is 38.9. The van der Waals surface area contributed by atoms with E-state index in [2.05, 4.69) is 19.9 Å². The molecular formula is C36H56O8. The van der Waals surface area contributed by atoms with E-state index in [1.807, 2.05) is 59.8 Å². The van der Waals surface area contributed by atoms with Crippen molar-refractivity contribution in [1.29, 1.82) is 0 Å². The van der Waals surface area contributed by atoms with Crippen molar-refractivity contribution in [2.45, 2.75) is 157 Å². The summed E-state index contributed by atoms with van der Waals surface area (Å²) >= 11 is 0. The first-order chi connectivity index (χ1) is 20.9. The maximum absolute atomic E-state index is 11.3. The van der Waals surface area contributed by atoms with E-state index >= 15 is 0 Å². The molecule has 4 heterocycles. The standard InChI is InChI=1S/C13H22O2.C9H14O2.2C7H10O2/c1-3-4-5-6-7-8-9-12-10-11(2)15-13(12)14;1-3-4-5-8-6-7(2)11-9(8)10;2*1-3-6-4-5(2)9-7(6)8/h9,11H,3-8,10H2,1-2H3;5,7H,3-4,6H2,1-2H3;2*3,5H,4H2,1-2H3. The number of cyclic esters (lactones) is 4. The number of carbonyl (C=O) groups is 4. The third-order valence-electron chi connectivity index (χ3n) is 7.39. The minimum atomic E-state index is -0.148. The fraction of sp³-hybridized carbons (Fsp3) is 0.667. The van der Waals surface area contributed by atoms with Gasteiger partial charge in [-0.25, -0.2) is 19.2 Å². The Kier molecular flexibility index (Phi) is 19.0. The lowest BCUT2D eigenvalue weighted by Crippen LogP contribution is -1.99. The summed E-state index contributed by atoms with van der Waals surface area (Å²) in [7, 11) is 0. The Hall–Kier alpha value is -3.16. The molecule has 4 atom stereocenters. The summed E-state index contributed by atoms with van der Waals surface area (Å²) < 4.78 is 19.7. The molecule has 4 aliphatic heterocycles. The molecule has 8 nitrogen and oxygen atoms in total. The highest BCUT2D eigenvalue weighted by Crippen LogP contribution is 2.22. The van der Waals surface area contributed by atoms with E-state index in [1.54, 1.807) is 0 Å². The minimum Gasteiger partial charge on any atom is -0.459 e. The van der Waals surface area contributed by atoms with Crippen molar-refractivity contribution in [3.8, 4) is 0 Å². The maximum atomic E-state index is 11.3. The van der Waals surface area contributed by atoms with Crippen molar-refractivity contribution < 1.29 is 38.1 Å². The van der Waals surface area contributed by atoms with Gasteiger partial charge in [0, 0.05) is 48.0 Å². The van der Waals surface area contributed by atoms with Crippen LogP contribution in [0.25, 0.3) is 0 Å². The summed E-state index contributed by atoms with van der Waals surface area (Å²) in [5.41, 5.74) is 3.36. The highest BCUT2D eigenvalue weighted by molar-refractivity contribution is 5.91. The zero-order chi connectivity index (χ0) is 33.1. The molecular weight excluding hydrogens is 560 g/mol. The molecule has 44 heavy (non-hydrogen) atoms. The number of ether oxygens (including phenoxy) is 4. The van der Waals surface area contributed by atoms with Gasteiger partial charge < -0.3 is 18.9 Å². The van der Waals surface area contributed by atoms with E-state index in [-0.39, 0.29) is 48.3 Å². The van der Waals surface area contributed by atoms with Gasteiger partial charge in [0.05, 0.1) is 0 Å². The molecule has 0 aliphatic carbocycles. The summed E-state index contributed by atoms with van der Waals surface area (Å²) in [6.45, 7) is 15.7. The molecule has 0 aromatic rings. The first-order valence-electron chi connectivity index (χ1n) is 16.5. The zero-order valence-corrected chi connectivity index (χ0v) is 28.4.